The lowest BCUT2D eigenvalue weighted by Gasteiger charge is -2.14. The number of fused-ring (bicyclic) bond motifs is 1. The van der Waals surface area contributed by atoms with Gasteiger partial charge < -0.3 is 19.2 Å². The molecule has 5 nitrogen and oxygen atoms in total. The van der Waals surface area contributed by atoms with Gasteiger partial charge in [0.05, 0.1) is 10.9 Å². The molecule has 0 unspecified atom stereocenters. The monoisotopic (exact) mass is 325 g/mol. The Balaban J connectivity index is 2.18. The van der Waals surface area contributed by atoms with Crippen molar-refractivity contribution >= 4 is 11.0 Å². The van der Waals surface area contributed by atoms with Crippen molar-refractivity contribution in [3.05, 3.63) is 64.0 Å². The number of aromatic hydroxyl groups is 1. The molecule has 1 heterocycles. The minimum atomic E-state index is -0.252. The van der Waals surface area contributed by atoms with Crippen molar-refractivity contribution < 1.29 is 14.3 Å². The largest absolute Gasteiger partial charge is 0.507 e. The number of aryl methyl sites for hydroxylation is 1. The number of benzene rings is 2. The van der Waals surface area contributed by atoms with Crippen molar-refractivity contribution in [1.29, 1.82) is 0 Å². The van der Waals surface area contributed by atoms with Crippen molar-refractivity contribution in [2.75, 3.05) is 14.1 Å². The maximum atomic E-state index is 12.8. The van der Waals surface area contributed by atoms with E-state index in [1.807, 2.05) is 37.2 Å². The van der Waals surface area contributed by atoms with Gasteiger partial charge in [-0.25, -0.2) is 0 Å². The molecule has 24 heavy (non-hydrogen) atoms. The molecule has 0 saturated heterocycles. The summed E-state index contributed by atoms with van der Waals surface area (Å²) in [7, 11) is 3.77. The Kier molecular flexibility index (Phi) is 4.27. The first-order valence-electron chi connectivity index (χ1n) is 7.63. The van der Waals surface area contributed by atoms with Crippen LogP contribution in [0.1, 0.15) is 11.3 Å². The summed E-state index contributed by atoms with van der Waals surface area (Å²) in [4.78, 5) is 14.7. The fraction of sp³-hybridized carbons (Fsp3) is 0.211. The maximum absolute atomic E-state index is 12.8. The second kappa shape index (κ2) is 6.37. The van der Waals surface area contributed by atoms with Crippen LogP contribution in [0, 0.1) is 6.92 Å². The van der Waals surface area contributed by atoms with Crippen LogP contribution in [0.2, 0.25) is 0 Å². The van der Waals surface area contributed by atoms with E-state index in [1.54, 1.807) is 25.1 Å². The number of ether oxygens (including phenoxy) is 1. The predicted octanol–water partition coefficient (Wildman–Crippen LogP) is 3.66. The summed E-state index contributed by atoms with van der Waals surface area (Å²) >= 11 is 0. The molecule has 0 aliphatic carbocycles. The zero-order valence-corrected chi connectivity index (χ0v) is 13.9. The fourth-order valence-electron chi connectivity index (χ4n) is 2.59. The molecule has 0 spiro atoms. The number of nitrogens with zero attached hydrogens (tertiary/aromatic N) is 1. The van der Waals surface area contributed by atoms with Crippen LogP contribution in [0.5, 0.6) is 17.2 Å². The van der Waals surface area contributed by atoms with Crippen molar-refractivity contribution in [3.63, 3.8) is 0 Å². The summed E-state index contributed by atoms with van der Waals surface area (Å²) in [6.07, 6.45) is 0. The molecule has 0 bridgehead atoms. The Morgan fingerprint density at radius 3 is 2.50 bits per heavy atom. The van der Waals surface area contributed by atoms with Crippen LogP contribution in [0.3, 0.4) is 0 Å². The van der Waals surface area contributed by atoms with Crippen LogP contribution in [0.4, 0.5) is 0 Å². The average molecular weight is 325 g/mol. The van der Waals surface area contributed by atoms with Gasteiger partial charge in [-0.15, -0.1) is 0 Å². The third-order valence-electron chi connectivity index (χ3n) is 3.70. The van der Waals surface area contributed by atoms with Crippen molar-refractivity contribution in [2.45, 2.75) is 13.5 Å². The van der Waals surface area contributed by atoms with Crippen LogP contribution in [0.15, 0.2) is 51.7 Å². The Labute approximate surface area is 139 Å². The predicted molar refractivity (Wildman–Crippen MR) is 92.8 cm³/mol. The highest BCUT2D eigenvalue weighted by molar-refractivity contribution is 5.83. The Hall–Kier alpha value is -2.79. The van der Waals surface area contributed by atoms with Crippen LogP contribution in [0.25, 0.3) is 11.0 Å². The van der Waals surface area contributed by atoms with E-state index >= 15 is 0 Å². The third kappa shape index (κ3) is 2.98. The molecule has 0 amide bonds. The molecule has 0 saturated carbocycles. The quantitative estimate of drug-likeness (QED) is 0.793. The number of phenolic OH excluding ortho intramolecular Hbond substituents is 1. The minimum absolute atomic E-state index is 0.107. The summed E-state index contributed by atoms with van der Waals surface area (Å²) in [5.41, 5.74) is 0.730. The molecule has 1 aromatic heterocycles. The van der Waals surface area contributed by atoms with Gasteiger partial charge in [-0.1, -0.05) is 18.2 Å². The first-order valence-corrected chi connectivity index (χ1v) is 7.63. The van der Waals surface area contributed by atoms with Gasteiger partial charge in [0, 0.05) is 6.54 Å². The van der Waals surface area contributed by atoms with Crippen molar-refractivity contribution in [1.82, 2.24) is 4.90 Å². The Bertz CT molecular complexity index is 929. The number of hydrogen-bond acceptors (Lipinski definition) is 5. The number of para-hydroxylation sites is 1. The molecule has 5 heteroatoms. The Morgan fingerprint density at radius 1 is 1.12 bits per heavy atom. The number of rotatable bonds is 4. The summed E-state index contributed by atoms with van der Waals surface area (Å²) in [6.45, 7) is 2.15. The average Bonchev–Trinajstić information content (AvgIpc) is 2.55. The van der Waals surface area contributed by atoms with Crippen LogP contribution < -0.4 is 10.2 Å². The lowest BCUT2D eigenvalue weighted by atomic mass is 10.1. The molecule has 124 valence electrons. The number of phenols is 1. The Morgan fingerprint density at radius 2 is 1.83 bits per heavy atom. The molecule has 3 rings (SSSR count). The van der Waals surface area contributed by atoms with Gasteiger partial charge >= 0.3 is 0 Å². The van der Waals surface area contributed by atoms with E-state index in [2.05, 4.69) is 0 Å². The highest BCUT2D eigenvalue weighted by Gasteiger charge is 2.18. The SMILES string of the molecule is Cc1oc2c(CN(C)C)c(O)ccc2c(=O)c1Oc1ccccc1. The second-order valence-electron chi connectivity index (χ2n) is 5.91. The lowest BCUT2D eigenvalue weighted by molar-refractivity contribution is 0.381. The second-order valence-corrected chi connectivity index (χ2v) is 5.91. The van der Waals surface area contributed by atoms with Crippen molar-refractivity contribution in [2.24, 2.45) is 0 Å². The maximum Gasteiger partial charge on any atom is 0.235 e. The minimum Gasteiger partial charge on any atom is -0.507 e. The van der Waals surface area contributed by atoms with Gasteiger partial charge in [-0.3, -0.25) is 4.79 Å². The molecular weight excluding hydrogens is 306 g/mol. The topological polar surface area (TPSA) is 62.9 Å². The molecule has 0 aliphatic heterocycles. The third-order valence-corrected chi connectivity index (χ3v) is 3.70. The van der Waals surface area contributed by atoms with Gasteiger partial charge in [0.15, 0.2) is 0 Å². The molecule has 0 radical (unpaired) electrons. The molecule has 0 atom stereocenters. The van der Waals surface area contributed by atoms with Crippen LogP contribution in [-0.4, -0.2) is 24.1 Å². The molecule has 3 aromatic rings. The van der Waals surface area contributed by atoms with E-state index < -0.39 is 0 Å². The highest BCUT2D eigenvalue weighted by atomic mass is 16.5. The van der Waals surface area contributed by atoms with E-state index in [9.17, 15) is 9.90 Å². The van der Waals surface area contributed by atoms with Crippen LogP contribution in [-0.2, 0) is 6.54 Å². The van der Waals surface area contributed by atoms with E-state index in [0.717, 1.165) is 0 Å². The summed E-state index contributed by atoms with van der Waals surface area (Å²) < 4.78 is 11.6. The normalized spacial score (nSPS) is 11.2. The summed E-state index contributed by atoms with van der Waals surface area (Å²) in [6, 6.07) is 12.2. The molecule has 0 fully saturated rings. The molecule has 1 N–H and O–H groups in total. The van der Waals surface area contributed by atoms with E-state index in [-0.39, 0.29) is 16.9 Å². The summed E-state index contributed by atoms with van der Waals surface area (Å²) in [5, 5.41) is 10.5. The first kappa shape index (κ1) is 16.1. The zero-order valence-electron chi connectivity index (χ0n) is 13.9. The van der Waals surface area contributed by atoms with Gasteiger partial charge in [0.2, 0.25) is 11.2 Å². The smallest absolute Gasteiger partial charge is 0.235 e. The fourth-order valence-corrected chi connectivity index (χ4v) is 2.59. The number of hydrogen-bond donors (Lipinski definition) is 1. The van der Waals surface area contributed by atoms with Crippen molar-refractivity contribution in [3.8, 4) is 17.2 Å². The van der Waals surface area contributed by atoms with Gasteiger partial charge in [0.25, 0.3) is 0 Å². The molecule has 2 aromatic carbocycles. The first-order chi connectivity index (χ1) is 11.5. The van der Waals surface area contributed by atoms with Gasteiger partial charge in [-0.05, 0) is 45.3 Å². The standard InChI is InChI=1S/C19H19NO4/c1-12-18(24-13-7-5-4-6-8-13)17(22)14-9-10-16(21)15(11-20(2)3)19(14)23-12/h4-10,21H,11H2,1-3H3. The van der Waals surface area contributed by atoms with Crippen LogP contribution >= 0.6 is 0 Å². The molecule has 0 aliphatic rings. The highest BCUT2D eigenvalue weighted by Crippen LogP contribution is 2.31. The zero-order chi connectivity index (χ0) is 17.3. The van der Waals surface area contributed by atoms with E-state index in [1.165, 1.54) is 6.07 Å². The van der Waals surface area contributed by atoms with E-state index in [0.29, 0.717) is 34.6 Å². The van der Waals surface area contributed by atoms with Gasteiger partial charge in [-0.2, -0.15) is 0 Å². The van der Waals surface area contributed by atoms with E-state index in [4.69, 9.17) is 9.15 Å². The summed E-state index contributed by atoms with van der Waals surface area (Å²) in [5.74, 6) is 1.21. The lowest BCUT2D eigenvalue weighted by Crippen LogP contribution is -2.13. The van der Waals surface area contributed by atoms with Gasteiger partial charge in [0.1, 0.15) is 22.8 Å². The molecular formula is C19H19NO4.